The van der Waals surface area contributed by atoms with Crippen LogP contribution in [0.4, 0.5) is 15.8 Å². The third-order valence-corrected chi connectivity index (χ3v) is 3.23. The SMILES string of the molecule is CC(C)C(C)Nc1cc(F)c(Br)cc1[N+](=O)[O-]. The molecule has 0 radical (unpaired) electrons. The van der Waals surface area contributed by atoms with Gasteiger partial charge in [0.2, 0.25) is 0 Å². The largest absolute Gasteiger partial charge is 0.377 e. The van der Waals surface area contributed by atoms with Gasteiger partial charge in [0.15, 0.2) is 0 Å². The van der Waals surface area contributed by atoms with Gasteiger partial charge in [-0.3, -0.25) is 10.1 Å². The van der Waals surface area contributed by atoms with Crippen molar-refractivity contribution >= 4 is 27.3 Å². The van der Waals surface area contributed by atoms with Crippen molar-refractivity contribution in [2.45, 2.75) is 26.8 Å². The molecule has 0 aliphatic carbocycles. The van der Waals surface area contributed by atoms with Gasteiger partial charge >= 0.3 is 0 Å². The number of rotatable bonds is 4. The maximum atomic E-state index is 13.4. The van der Waals surface area contributed by atoms with Crippen LogP contribution in [0.2, 0.25) is 0 Å². The Labute approximate surface area is 107 Å². The van der Waals surface area contributed by atoms with Gasteiger partial charge in [-0.1, -0.05) is 13.8 Å². The first-order valence-corrected chi connectivity index (χ1v) is 6.02. The minimum atomic E-state index is -0.528. The van der Waals surface area contributed by atoms with E-state index in [2.05, 4.69) is 21.2 Å². The zero-order valence-corrected chi connectivity index (χ0v) is 11.4. The third-order valence-electron chi connectivity index (χ3n) is 2.62. The maximum absolute atomic E-state index is 13.4. The highest BCUT2D eigenvalue weighted by atomic mass is 79.9. The Hall–Kier alpha value is -1.17. The van der Waals surface area contributed by atoms with E-state index in [1.165, 1.54) is 6.07 Å². The van der Waals surface area contributed by atoms with E-state index in [1.54, 1.807) is 0 Å². The molecule has 6 heteroatoms. The lowest BCUT2D eigenvalue weighted by Crippen LogP contribution is -2.22. The fourth-order valence-corrected chi connectivity index (χ4v) is 1.55. The van der Waals surface area contributed by atoms with Crippen molar-refractivity contribution < 1.29 is 9.31 Å². The van der Waals surface area contributed by atoms with Crippen molar-refractivity contribution in [3.05, 3.63) is 32.5 Å². The molecule has 0 bridgehead atoms. The van der Waals surface area contributed by atoms with Gasteiger partial charge in [-0.25, -0.2) is 4.39 Å². The Morgan fingerprint density at radius 2 is 2.00 bits per heavy atom. The Kier molecular flexibility index (Phi) is 4.45. The van der Waals surface area contributed by atoms with Gasteiger partial charge in [0.05, 0.1) is 9.40 Å². The molecule has 1 aromatic rings. The number of nitro benzene ring substituents is 1. The summed E-state index contributed by atoms with van der Waals surface area (Å²) in [5, 5.41) is 13.8. The highest BCUT2D eigenvalue weighted by Gasteiger charge is 2.19. The second-order valence-electron chi connectivity index (χ2n) is 4.22. The molecule has 0 fully saturated rings. The summed E-state index contributed by atoms with van der Waals surface area (Å²) in [4.78, 5) is 10.3. The summed E-state index contributed by atoms with van der Waals surface area (Å²) in [6.45, 7) is 5.87. The smallest absolute Gasteiger partial charge is 0.293 e. The average Bonchev–Trinajstić information content (AvgIpc) is 2.22. The van der Waals surface area contributed by atoms with Crippen LogP contribution in [0.5, 0.6) is 0 Å². The lowest BCUT2D eigenvalue weighted by atomic mass is 10.1. The highest BCUT2D eigenvalue weighted by molar-refractivity contribution is 9.10. The van der Waals surface area contributed by atoms with Crippen molar-refractivity contribution in [3.8, 4) is 0 Å². The van der Waals surface area contributed by atoms with Gasteiger partial charge in [-0.05, 0) is 28.8 Å². The fourth-order valence-electron chi connectivity index (χ4n) is 1.21. The number of nitrogens with zero attached hydrogens (tertiary/aromatic N) is 1. The van der Waals surface area contributed by atoms with Gasteiger partial charge in [-0.15, -0.1) is 0 Å². The fraction of sp³-hybridized carbons (Fsp3) is 0.455. The summed E-state index contributed by atoms with van der Waals surface area (Å²) < 4.78 is 13.5. The molecule has 0 aliphatic heterocycles. The van der Waals surface area contributed by atoms with E-state index < -0.39 is 10.7 Å². The molecule has 4 nitrogen and oxygen atoms in total. The van der Waals surface area contributed by atoms with E-state index in [4.69, 9.17) is 0 Å². The lowest BCUT2D eigenvalue weighted by molar-refractivity contribution is -0.384. The summed E-state index contributed by atoms with van der Waals surface area (Å²) in [5.41, 5.74) is 0.0719. The first kappa shape index (κ1) is 13.9. The number of nitrogens with one attached hydrogen (secondary N) is 1. The molecule has 0 saturated carbocycles. The minimum Gasteiger partial charge on any atom is -0.377 e. The molecule has 1 atom stereocenters. The first-order valence-electron chi connectivity index (χ1n) is 5.23. The quantitative estimate of drug-likeness (QED) is 0.677. The number of benzene rings is 1. The van der Waals surface area contributed by atoms with Crippen molar-refractivity contribution in [3.63, 3.8) is 0 Å². The predicted molar refractivity (Wildman–Crippen MR) is 68.7 cm³/mol. The minimum absolute atomic E-state index is 0.0225. The van der Waals surface area contributed by atoms with E-state index in [1.807, 2.05) is 20.8 Å². The van der Waals surface area contributed by atoms with Crippen LogP contribution in [-0.2, 0) is 0 Å². The van der Waals surface area contributed by atoms with Gasteiger partial charge in [0, 0.05) is 18.2 Å². The van der Waals surface area contributed by atoms with E-state index >= 15 is 0 Å². The predicted octanol–water partition coefficient (Wildman–Crippen LogP) is 3.95. The first-order chi connectivity index (χ1) is 7.82. The molecule has 0 heterocycles. The molecule has 94 valence electrons. The van der Waals surface area contributed by atoms with Crippen molar-refractivity contribution in [1.29, 1.82) is 0 Å². The molecule has 0 saturated heterocycles. The molecule has 17 heavy (non-hydrogen) atoms. The average molecular weight is 305 g/mol. The molecule has 0 spiro atoms. The number of halogens is 2. The lowest BCUT2D eigenvalue weighted by Gasteiger charge is -2.18. The monoisotopic (exact) mass is 304 g/mol. The van der Waals surface area contributed by atoms with Crippen molar-refractivity contribution in [2.24, 2.45) is 5.92 Å². The molecule has 1 N–H and O–H groups in total. The van der Waals surface area contributed by atoms with Crippen molar-refractivity contribution in [1.82, 2.24) is 0 Å². The molecular formula is C11H14BrFN2O2. The second kappa shape index (κ2) is 5.44. The number of hydrogen-bond acceptors (Lipinski definition) is 3. The van der Waals surface area contributed by atoms with Crippen molar-refractivity contribution in [2.75, 3.05) is 5.32 Å². The molecule has 1 aromatic carbocycles. The third kappa shape index (κ3) is 3.39. The summed E-state index contributed by atoms with van der Waals surface area (Å²) >= 11 is 2.94. The Morgan fingerprint density at radius 3 is 2.47 bits per heavy atom. The zero-order chi connectivity index (χ0) is 13.2. The van der Waals surface area contributed by atoms with Crippen LogP contribution in [0.1, 0.15) is 20.8 Å². The maximum Gasteiger partial charge on any atom is 0.293 e. The van der Waals surface area contributed by atoms with E-state index in [-0.39, 0.29) is 21.9 Å². The van der Waals surface area contributed by atoms with Gasteiger partial charge < -0.3 is 5.32 Å². The van der Waals surface area contributed by atoms with E-state index in [0.29, 0.717) is 5.92 Å². The summed E-state index contributed by atoms with van der Waals surface area (Å²) in [5.74, 6) is -0.227. The normalized spacial score (nSPS) is 12.6. The molecule has 1 rings (SSSR count). The highest BCUT2D eigenvalue weighted by Crippen LogP contribution is 2.31. The number of nitro groups is 1. The van der Waals surface area contributed by atoms with Crippen LogP contribution < -0.4 is 5.32 Å². The van der Waals surface area contributed by atoms with Gasteiger partial charge in [0.25, 0.3) is 5.69 Å². The van der Waals surface area contributed by atoms with E-state index in [0.717, 1.165) is 6.07 Å². The summed E-state index contributed by atoms with van der Waals surface area (Å²) in [7, 11) is 0. The van der Waals surface area contributed by atoms with E-state index in [9.17, 15) is 14.5 Å². The Morgan fingerprint density at radius 1 is 1.41 bits per heavy atom. The molecule has 0 amide bonds. The molecular weight excluding hydrogens is 291 g/mol. The van der Waals surface area contributed by atoms with Crippen LogP contribution in [0.15, 0.2) is 16.6 Å². The molecule has 0 aromatic heterocycles. The van der Waals surface area contributed by atoms with Crippen LogP contribution in [0.3, 0.4) is 0 Å². The topological polar surface area (TPSA) is 55.2 Å². The van der Waals surface area contributed by atoms with Gasteiger partial charge in [0.1, 0.15) is 11.5 Å². The summed E-state index contributed by atoms with van der Waals surface area (Å²) in [6, 6.07) is 2.33. The van der Waals surface area contributed by atoms with Crippen LogP contribution >= 0.6 is 15.9 Å². The van der Waals surface area contributed by atoms with Crippen LogP contribution in [0, 0.1) is 21.8 Å². The van der Waals surface area contributed by atoms with Gasteiger partial charge in [-0.2, -0.15) is 0 Å². The van der Waals surface area contributed by atoms with Crippen LogP contribution in [-0.4, -0.2) is 11.0 Å². The second-order valence-corrected chi connectivity index (χ2v) is 5.07. The number of hydrogen-bond donors (Lipinski definition) is 1. The van der Waals surface area contributed by atoms with Crippen LogP contribution in [0.25, 0.3) is 0 Å². The Bertz CT molecular complexity index is 438. The number of anilines is 1. The Balaban J connectivity index is 3.13. The molecule has 1 unspecified atom stereocenters. The molecule has 0 aliphatic rings. The zero-order valence-electron chi connectivity index (χ0n) is 9.83. The standard InChI is InChI=1S/C11H14BrFN2O2/c1-6(2)7(3)14-10-5-9(13)8(12)4-11(10)15(16)17/h4-7,14H,1-3H3. The summed E-state index contributed by atoms with van der Waals surface area (Å²) in [6.07, 6.45) is 0.